The lowest BCUT2D eigenvalue weighted by Crippen LogP contribution is -2.06. The van der Waals surface area contributed by atoms with E-state index in [1.807, 2.05) is 12.1 Å². The zero-order valence-corrected chi connectivity index (χ0v) is 12.9. The summed E-state index contributed by atoms with van der Waals surface area (Å²) in [5.41, 5.74) is 3.71. The number of pyridine rings is 1. The maximum absolute atomic E-state index is 11.0. The zero-order valence-electron chi connectivity index (χ0n) is 10.6. The van der Waals surface area contributed by atoms with Crippen molar-refractivity contribution in [1.82, 2.24) is 9.97 Å². The van der Waals surface area contributed by atoms with Crippen LogP contribution in [0.1, 0.15) is 23.1 Å². The predicted molar refractivity (Wildman–Crippen MR) is 82.9 cm³/mol. The smallest absolute Gasteiger partial charge is 0.356 e. The summed E-state index contributed by atoms with van der Waals surface area (Å²) >= 11 is 17.7. The van der Waals surface area contributed by atoms with Gasteiger partial charge >= 0.3 is 5.97 Å². The number of carboxylic acid groups (broad SMARTS) is 1. The van der Waals surface area contributed by atoms with Crippen molar-refractivity contribution >= 4 is 52.2 Å². The summed E-state index contributed by atoms with van der Waals surface area (Å²) in [5, 5.41) is 12.8. The lowest BCUT2D eigenvalue weighted by molar-refractivity contribution is 0.0691. The minimum Gasteiger partial charge on any atom is -0.476 e. The van der Waals surface area contributed by atoms with Crippen LogP contribution < -0.4 is 5.43 Å². The molecule has 3 N–H and O–H groups in total. The Balaban J connectivity index is 2.40. The highest BCUT2D eigenvalue weighted by Gasteiger charge is 2.20. The van der Waals surface area contributed by atoms with Gasteiger partial charge in [-0.3, -0.25) is 5.43 Å². The van der Waals surface area contributed by atoms with Gasteiger partial charge in [0.15, 0.2) is 10.8 Å². The molecule has 2 heterocycles. The van der Waals surface area contributed by atoms with Gasteiger partial charge in [-0.15, -0.1) is 0 Å². The average Bonchev–Trinajstić information content (AvgIpc) is 2.96. The maximum Gasteiger partial charge on any atom is 0.356 e. The zero-order chi connectivity index (χ0) is 15.6. The van der Waals surface area contributed by atoms with Gasteiger partial charge in [0, 0.05) is 6.20 Å². The molecule has 110 valence electrons. The fourth-order valence-corrected chi connectivity index (χ4v) is 2.18. The second-order valence-electron chi connectivity index (χ2n) is 3.95. The second kappa shape index (κ2) is 6.34. The molecular formula is C12H9Cl3N4O2. The number of nitrogens with one attached hydrogen (secondary N) is 2. The van der Waals surface area contributed by atoms with E-state index in [9.17, 15) is 4.79 Å². The number of anilines is 1. The second-order valence-corrected chi connectivity index (χ2v) is 5.07. The van der Waals surface area contributed by atoms with Crippen LogP contribution in [0.25, 0.3) is 0 Å². The molecule has 0 aliphatic heterocycles. The van der Waals surface area contributed by atoms with Crippen molar-refractivity contribution in [3.05, 3.63) is 44.9 Å². The molecule has 0 bridgehead atoms. The molecule has 0 saturated carbocycles. The first-order chi connectivity index (χ1) is 9.91. The Morgan fingerprint density at radius 3 is 2.67 bits per heavy atom. The van der Waals surface area contributed by atoms with Crippen LogP contribution in [0.4, 0.5) is 5.69 Å². The van der Waals surface area contributed by atoms with E-state index in [4.69, 9.17) is 39.9 Å². The summed E-state index contributed by atoms with van der Waals surface area (Å²) in [6.45, 7) is 1.75. The molecule has 0 amide bonds. The Hall–Kier alpha value is -1.76. The molecule has 0 unspecified atom stereocenters. The molecule has 21 heavy (non-hydrogen) atoms. The molecule has 0 aliphatic carbocycles. The van der Waals surface area contributed by atoms with Crippen molar-refractivity contribution in [2.24, 2.45) is 5.10 Å². The van der Waals surface area contributed by atoms with Crippen LogP contribution in [-0.4, -0.2) is 26.8 Å². The standard InChI is InChI=1S/C12H9Cl3N4O2/c1-5(6-3-2-4-16-6)18-19-9-7(13)10(12(20)21)17-11(15)8(9)14/h2-4,16H,1H3,(H,17,19)(H,20,21)/b18-5+. The minimum atomic E-state index is -1.31. The lowest BCUT2D eigenvalue weighted by Gasteiger charge is -2.10. The lowest BCUT2D eigenvalue weighted by atomic mass is 10.3. The molecule has 0 aromatic carbocycles. The van der Waals surface area contributed by atoms with Gasteiger partial charge in [-0.2, -0.15) is 5.10 Å². The van der Waals surface area contributed by atoms with Gasteiger partial charge in [0.1, 0.15) is 10.0 Å². The Labute approximate surface area is 134 Å². The number of aromatic amines is 1. The number of nitrogens with zero attached hydrogens (tertiary/aromatic N) is 2. The van der Waals surface area contributed by atoms with E-state index in [0.29, 0.717) is 5.71 Å². The number of hydrazone groups is 1. The van der Waals surface area contributed by atoms with Gasteiger partial charge in [-0.05, 0) is 19.1 Å². The van der Waals surface area contributed by atoms with Crippen molar-refractivity contribution in [1.29, 1.82) is 0 Å². The van der Waals surface area contributed by atoms with Crippen LogP contribution in [0, 0.1) is 0 Å². The molecular weight excluding hydrogens is 339 g/mol. The Morgan fingerprint density at radius 1 is 1.38 bits per heavy atom. The fraction of sp³-hybridized carbons (Fsp3) is 0.0833. The number of carbonyl (C=O) groups is 1. The van der Waals surface area contributed by atoms with E-state index >= 15 is 0 Å². The predicted octanol–water partition coefficient (Wildman–Crippen LogP) is 3.90. The summed E-state index contributed by atoms with van der Waals surface area (Å²) in [5.74, 6) is -1.31. The Bertz CT molecular complexity index is 714. The molecule has 2 rings (SSSR count). The number of H-pyrrole nitrogens is 1. The monoisotopic (exact) mass is 346 g/mol. The summed E-state index contributed by atoms with van der Waals surface area (Å²) < 4.78 is 0. The van der Waals surface area contributed by atoms with E-state index < -0.39 is 11.7 Å². The van der Waals surface area contributed by atoms with Gasteiger partial charge in [-0.1, -0.05) is 34.8 Å². The Morgan fingerprint density at radius 2 is 2.10 bits per heavy atom. The average molecular weight is 348 g/mol. The number of rotatable bonds is 4. The molecule has 0 saturated heterocycles. The third-order valence-electron chi connectivity index (χ3n) is 2.56. The van der Waals surface area contributed by atoms with Gasteiger partial charge < -0.3 is 10.1 Å². The molecule has 0 fully saturated rings. The Kier molecular flexibility index (Phi) is 4.72. The largest absolute Gasteiger partial charge is 0.476 e. The van der Waals surface area contributed by atoms with Gasteiger partial charge in [0.05, 0.1) is 17.1 Å². The van der Waals surface area contributed by atoms with Crippen LogP contribution in [0.3, 0.4) is 0 Å². The third-order valence-corrected chi connectivity index (χ3v) is 3.67. The molecule has 2 aromatic heterocycles. The van der Waals surface area contributed by atoms with Crippen LogP contribution in [-0.2, 0) is 0 Å². The first-order valence-corrected chi connectivity index (χ1v) is 6.77. The number of halogens is 3. The summed E-state index contributed by atoms with van der Waals surface area (Å²) in [7, 11) is 0. The van der Waals surface area contributed by atoms with Crippen molar-refractivity contribution in [3.63, 3.8) is 0 Å². The summed E-state index contributed by atoms with van der Waals surface area (Å²) in [4.78, 5) is 17.6. The highest BCUT2D eigenvalue weighted by Crippen LogP contribution is 2.36. The van der Waals surface area contributed by atoms with Crippen LogP contribution in [0.2, 0.25) is 15.2 Å². The van der Waals surface area contributed by atoms with Crippen molar-refractivity contribution in [3.8, 4) is 0 Å². The normalized spacial score (nSPS) is 11.5. The number of hydrogen-bond acceptors (Lipinski definition) is 4. The minimum absolute atomic E-state index is 0.00491. The fourth-order valence-electron chi connectivity index (χ4n) is 1.51. The highest BCUT2D eigenvalue weighted by atomic mass is 35.5. The van der Waals surface area contributed by atoms with Gasteiger partial charge in [0.25, 0.3) is 0 Å². The van der Waals surface area contributed by atoms with E-state index in [1.54, 1.807) is 13.1 Å². The number of aromatic carboxylic acids is 1. The highest BCUT2D eigenvalue weighted by molar-refractivity contribution is 6.46. The first kappa shape index (κ1) is 15.6. The molecule has 0 aliphatic rings. The van der Waals surface area contributed by atoms with Crippen LogP contribution in [0.5, 0.6) is 0 Å². The van der Waals surface area contributed by atoms with Crippen molar-refractivity contribution in [2.45, 2.75) is 6.92 Å². The number of hydrogen-bond donors (Lipinski definition) is 3. The van der Waals surface area contributed by atoms with Crippen molar-refractivity contribution < 1.29 is 9.90 Å². The first-order valence-electron chi connectivity index (χ1n) is 5.63. The van der Waals surface area contributed by atoms with Gasteiger partial charge in [-0.25, -0.2) is 9.78 Å². The topological polar surface area (TPSA) is 90.4 Å². The summed E-state index contributed by atoms with van der Waals surface area (Å²) in [6.07, 6.45) is 1.75. The van der Waals surface area contributed by atoms with E-state index in [0.717, 1.165) is 5.69 Å². The van der Waals surface area contributed by atoms with E-state index in [-0.39, 0.29) is 20.9 Å². The number of carboxylic acids is 1. The third kappa shape index (κ3) is 3.29. The maximum atomic E-state index is 11.0. The number of aromatic nitrogens is 2. The van der Waals surface area contributed by atoms with E-state index in [1.165, 1.54) is 0 Å². The molecule has 0 spiro atoms. The van der Waals surface area contributed by atoms with Crippen LogP contribution in [0.15, 0.2) is 23.4 Å². The summed E-state index contributed by atoms with van der Waals surface area (Å²) in [6, 6.07) is 3.64. The quantitative estimate of drug-likeness (QED) is 0.444. The van der Waals surface area contributed by atoms with Crippen molar-refractivity contribution in [2.75, 3.05) is 5.43 Å². The SMILES string of the molecule is C/C(=N\Nc1c(Cl)c(Cl)nc(C(=O)O)c1Cl)c1ccc[nH]1. The molecule has 2 aromatic rings. The molecule has 6 nitrogen and oxygen atoms in total. The van der Waals surface area contributed by atoms with Gasteiger partial charge in [0.2, 0.25) is 0 Å². The molecule has 0 atom stereocenters. The molecule has 0 radical (unpaired) electrons. The van der Waals surface area contributed by atoms with E-state index in [2.05, 4.69) is 20.5 Å². The molecule has 9 heteroatoms. The van der Waals surface area contributed by atoms with Crippen LogP contribution >= 0.6 is 34.8 Å².